The minimum Gasteiger partial charge on any atom is -1.00 e. The van der Waals surface area contributed by atoms with Crippen LogP contribution in [0.4, 0.5) is 5.00 Å². The highest BCUT2D eigenvalue weighted by atomic mass is 35.5. The number of halogens is 1. The van der Waals surface area contributed by atoms with Gasteiger partial charge in [0, 0.05) is 23.8 Å². The minimum atomic E-state index is -0.378. The second-order valence-electron chi connectivity index (χ2n) is 8.14. The first-order valence-corrected chi connectivity index (χ1v) is 10.7. The predicted octanol–water partition coefficient (Wildman–Crippen LogP) is 1.71. The van der Waals surface area contributed by atoms with Crippen LogP contribution >= 0.6 is 11.3 Å². The highest BCUT2D eigenvalue weighted by molar-refractivity contribution is 7.15. The smallest absolute Gasteiger partial charge is 0.324 e. The van der Waals surface area contributed by atoms with Crippen molar-refractivity contribution in [3.05, 3.63) is 81.2 Å². The first-order valence-electron chi connectivity index (χ1n) is 9.90. The summed E-state index contributed by atoms with van der Waals surface area (Å²) in [5.74, 6) is -0.191. The number of nitro groups is 1. The normalized spacial score (nSPS) is 12.3. The molecule has 1 unspecified atom stereocenters. The number of fused-ring (bicyclic) bond motifs is 2. The Morgan fingerprint density at radius 1 is 1.12 bits per heavy atom. The van der Waals surface area contributed by atoms with E-state index in [-0.39, 0.29) is 34.4 Å². The van der Waals surface area contributed by atoms with E-state index < -0.39 is 0 Å². The zero-order chi connectivity index (χ0) is 22.2. The summed E-state index contributed by atoms with van der Waals surface area (Å²) in [5, 5.41) is 16.1. The number of nitrogens with zero attached hydrogens (tertiary/aromatic N) is 3. The summed E-state index contributed by atoms with van der Waals surface area (Å²) in [7, 11) is 3.98. The lowest BCUT2D eigenvalue weighted by Crippen LogP contribution is -3.00. The third kappa shape index (κ3) is 4.72. The fourth-order valence-electron chi connectivity index (χ4n) is 3.52. The number of benzene rings is 2. The number of quaternary nitrogens is 1. The number of rotatable bonds is 6. The SMILES string of the molecule is CC(NC(=O)c1cccc2cc3ccccc3nc12)[N+](C)(C)Cc1ccc([N+](=O)[O-])s1.[Cl-]. The molecule has 4 rings (SSSR count). The maximum atomic E-state index is 13.1. The lowest BCUT2D eigenvalue weighted by atomic mass is 10.1. The van der Waals surface area contributed by atoms with Crippen molar-refractivity contribution in [3.63, 3.8) is 0 Å². The summed E-state index contributed by atoms with van der Waals surface area (Å²) in [6.07, 6.45) is -0.218. The molecule has 0 spiro atoms. The van der Waals surface area contributed by atoms with Crippen LogP contribution in [0.25, 0.3) is 21.8 Å². The molecule has 166 valence electrons. The summed E-state index contributed by atoms with van der Waals surface area (Å²) in [6, 6.07) is 18.8. The zero-order valence-corrected chi connectivity index (χ0v) is 19.5. The van der Waals surface area contributed by atoms with E-state index in [9.17, 15) is 14.9 Å². The Bertz CT molecular complexity index is 1300. The molecule has 1 amide bonds. The summed E-state index contributed by atoms with van der Waals surface area (Å²) in [6.45, 7) is 2.51. The summed E-state index contributed by atoms with van der Waals surface area (Å²) in [4.78, 5) is 29.4. The standard InChI is InChI=1S/C23H22N4O3S.ClH/c1-15(27(2,3)14-18-11-12-21(31-18)26(29)30)24-23(28)19-9-6-8-17-13-16-7-4-5-10-20(16)25-22(17)19;/h4-13,15H,14H2,1-3H3;1H. The van der Waals surface area contributed by atoms with Crippen molar-refractivity contribution in [2.45, 2.75) is 19.6 Å². The Kier molecular flexibility index (Phi) is 6.78. The van der Waals surface area contributed by atoms with Gasteiger partial charge in [-0.05, 0) is 24.3 Å². The number of thiophene rings is 1. The Balaban J connectivity index is 0.00000289. The number of para-hydroxylation sites is 2. The van der Waals surface area contributed by atoms with Crippen molar-refractivity contribution in [2.75, 3.05) is 14.1 Å². The van der Waals surface area contributed by atoms with Gasteiger partial charge in [-0.1, -0.05) is 41.7 Å². The topological polar surface area (TPSA) is 85.1 Å². The number of hydrogen-bond donors (Lipinski definition) is 1. The van der Waals surface area contributed by atoms with Crippen LogP contribution in [0.3, 0.4) is 0 Å². The van der Waals surface area contributed by atoms with Crippen LogP contribution in [0.2, 0.25) is 0 Å². The average Bonchev–Trinajstić information content (AvgIpc) is 3.19. The van der Waals surface area contributed by atoms with Crippen LogP contribution < -0.4 is 17.7 Å². The molecule has 0 saturated carbocycles. The van der Waals surface area contributed by atoms with Gasteiger partial charge in [0.05, 0.1) is 40.5 Å². The van der Waals surface area contributed by atoms with Crippen molar-refractivity contribution < 1.29 is 26.6 Å². The molecule has 0 radical (unpaired) electrons. The second-order valence-corrected chi connectivity index (χ2v) is 9.29. The van der Waals surface area contributed by atoms with E-state index >= 15 is 0 Å². The number of amides is 1. The highest BCUT2D eigenvalue weighted by Crippen LogP contribution is 2.27. The van der Waals surface area contributed by atoms with Crippen LogP contribution in [0, 0.1) is 10.1 Å². The third-order valence-electron chi connectivity index (χ3n) is 5.57. The van der Waals surface area contributed by atoms with Gasteiger partial charge in [-0.2, -0.15) is 0 Å². The fraction of sp³-hybridized carbons (Fsp3) is 0.217. The van der Waals surface area contributed by atoms with Crippen LogP contribution in [-0.4, -0.2) is 40.6 Å². The molecule has 0 bridgehead atoms. The van der Waals surface area contributed by atoms with Gasteiger partial charge >= 0.3 is 5.00 Å². The zero-order valence-electron chi connectivity index (χ0n) is 17.9. The predicted molar refractivity (Wildman–Crippen MR) is 123 cm³/mol. The van der Waals surface area contributed by atoms with E-state index in [0.29, 0.717) is 22.1 Å². The Labute approximate surface area is 195 Å². The minimum absolute atomic E-state index is 0. The van der Waals surface area contributed by atoms with Crippen molar-refractivity contribution in [1.29, 1.82) is 0 Å². The van der Waals surface area contributed by atoms with E-state index in [2.05, 4.69) is 5.32 Å². The van der Waals surface area contributed by atoms with Gasteiger partial charge in [-0.25, -0.2) is 4.98 Å². The van der Waals surface area contributed by atoms with Crippen molar-refractivity contribution in [3.8, 4) is 0 Å². The fourth-order valence-corrected chi connectivity index (χ4v) is 4.53. The molecule has 4 aromatic rings. The van der Waals surface area contributed by atoms with Gasteiger partial charge < -0.3 is 22.2 Å². The molecule has 0 aliphatic carbocycles. The number of carbonyl (C=O) groups excluding carboxylic acids is 1. The van der Waals surface area contributed by atoms with E-state index in [4.69, 9.17) is 4.98 Å². The monoisotopic (exact) mass is 470 g/mol. The summed E-state index contributed by atoms with van der Waals surface area (Å²) >= 11 is 1.17. The van der Waals surface area contributed by atoms with Gasteiger partial charge in [0.25, 0.3) is 5.91 Å². The van der Waals surface area contributed by atoms with Gasteiger partial charge in [-0.15, -0.1) is 0 Å². The number of nitrogens with one attached hydrogen (secondary N) is 1. The summed E-state index contributed by atoms with van der Waals surface area (Å²) in [5.41, 5.74) is 2.05. The molecule has 9 heteroatoms. The Morgan fingerprint density at radius 3 is 2.56 bits per heavy atom. The summed E-state index contributed by atoms with van der Waals surface area (Å²) < 4.78 is 0.449. The van der Waals surface area contributed by atoms with Crippen LogP contribution in [0.15, 0.2) is 60.7 Å². The number of pyridine rings is 1. The largest absolute Gasteiger partial charge is 1.00 e. The molecular formula is C23H23ClN4O3S. The number of carbonyl (C=O) groups is 1. The van der Waals surface area contributed by atoms with Gasteiger partial charge in [0.2, 0.25) is 0 Å². The van der Waals surface area contributed by atoms with E-state index in [1.807, 2.05) is 63.5 Å². The molecule has 2 aromatic carbocycles. The lowest BCUT2D eigenvalue weighted by molar-refractivity contribution is -0.927. The number of hydrogen-bond acceptors (Lipinski definition) is 5. The van der Waals surface area contributed by atoms with Crippen LogP contribution in [0.1, 0.15) is 22.2 Å². The van der Waals surface area contributed by atoms with Gasteiger partial charge in [0.1, 0.15) is 6.54 Å². The van der Waals surface area contributed by atoms with Crippen LogP contribution in [0.5, 0.6) is 0 Å². The molecule has 0 aliphatic heterocycles. The number of aromatic nitrogens is 1. The highest BCUT2D eigenvalue weighted by Gasteiger charge is 2.28. The molecule has 1 N–H and O–H groups in total. The van der Waals surface area contributed by atoms with E-state index in [1.165, 1.54) is 17.4 Å². The van der Waals surface area contributed by atoms with Gasteiger partial charge in [0.15, 0.2) is 6.17 Å². The third-order valence-corrected chi connectivity index (χ3v) is 6.59. The molecule has 2 heterocycles. The van der Waals surface area contributed by atoms with Crippen molar-refractivity contribution in [2.24, 2.45) is 0 Å². The first kappa shape index (κ1) is 23.6. The van der Waals surface area contributed by atoms with Gasteiger partial charge in [-0.3, -0.25) is 14.9 Å². The molecule has 7 nitrogen and oxygen atoms in total. The molecular weight excluding hydrogens is 448 g/mol. The molecule has 0 fully saturated rings. The lowest BCUT2D eigenvalue weighted by Gasteiger charge is -2.35. The second kappa shape index (κ2) is 9.20. The molecule has 32 heavy (non-hydrogen) atoms. The molecule has 2 aromatic heterocycles. The first-order chi connectivity index (χ1) is 14.7. The van der Waals surface area contributed by atoms with E-state index in [1.54, 1.807) is 12.1 Å². The van der Waals surface area contributed by atoms with Crippen molar-refractivity contribution >= 4 is 44.1 Å². The Morgan fingerprint density at radius 2 is 1.84 bits per heavy atom. The maximum Gasteiger partial charge on any atom is 0.324 e. The molecule has 0 saturated heterocycles. The Hall–Kier alpha value is -3.07. The average molecular weight is 471 g/mol. The molecule has 0 aliphatic rings. The van der Waals surface area contributed by atoms with Crippen LogP contribution in [-0.2, 0) is 6.54 Å². The molecule has 1 atom stereocenters. The van der Waals surface area contributed by atoms with Crippen molar-refractivity contribution in [1.82, 2.24) is 10.3 Å². The quantitative estimate of drug-likeness (QED) is 0.153. The van der Waals surface area contributed by atoms with E-state index in [0.717, 1.165) is 21.2 Å². The maximum absolute atomic E-state index is 13.1.